The highest BCUT2D eigenvalue weighted by Gasteiger charge is 2.31. The molecule has 5 amide bonds. The van der Waals surface area contributed by atoms with Gasteiger partial charge < -0.3 is 32.5 Å². The summed E-state index contributed by atoms with van der Waals surface area (Å²) in [6.07, 6.45) is 1.49. The summed E-state index contributed by atoms with van der Waals surface area (Å²) in [7, 11) is 0. The molecule has 0 bridgehead atoms. The Morgan fingerprint density at radius 2 is 1.46 bits per heavy atom. The summed E-state index contributed by atoms with van der Waals surface area (Å²) in [5.41, 5.74) is 13.1. The number of unbranched alkanes of at least 4 members (excludes halogenated alkanes) is 1. The number of hydrogen-bond donors (Lipinski definition) is 8. The Bertz CT molecular complexity index is 944. The van der Waals surface area contributed by atoms with Gasteiger partial charge in [-0.25, -0.2) is 5.48 Å². The maximum absolute atomic E-state index is 13.3. The van der Waals surface area contributed by atoms with E-state index in [4.69, 9.17) is 16.7 Å². The van der Waals surface area contributed by atoms with Crippen molar-refractivity contribution in [2.45, 2.75) is 70.5 Å². The Kier molecular flexibility index (Phi) is 15.3. The van der Waals surface area contributed by atoms with Gasteiger partial charge in [-0.05, 0) is 43.7 Å². The fourth-order valence-corrected chi connectivity index (χ4v) is 3.99. The van der Waals surface area contributed by atoms with Crippen LogP contribution in [0.4, 0.5) is 0 Å². The van der Waals surface area contributed by atoms with Crippen LogP contribution in [0, 0.1) is 11.8 Å². The molecule has 0 aromatic heterocycles. The quantitative estimate of drug-likeness (QED) is 0.0631. The summed E-state index contributed by atoms with van der Waals surface area (Å²) >= 11 is 0. The second kappa shape index (κ2) is 17.9. The van der Waals surface area contributed by atoms with Crippen molar-refractivity contribution in [1.82, 2.24) is 21.4 Å². The van der Waals surface area contributed by atoms with E-state index in [1.165, 1.54) is 5.48 Å². The number of hydrogen-bond acceptors (Lipinski definition) is 8. The Hall–Kier alpha value is -3.55. The largest absolute Gasteiger partial charge is 0.394 e. The SMILES string of the molecule is CC(C)C[C@H](CC(=O)NO)C(=O)N[C@@H](Cc1ccccc1)C(=O)N[C@@H](CO)C(=O)N[C@@H](CCCCN)C(N)=O. The average Bonchev–Trinajstić information content (AvgIpc) is 2.90. The van der Waals surface area contributed by atoms with Crippen molar-refractivity contribution in [2.24, 2.45) is 23.3 Å². The van der Waals surface area contributed by atoms with Crippen LogP contribution < -0.4 is 32.9 Å². The number of nitrogens with two attached hydrogens (primary N) is 2. The third kappa shape index (κ3) is 12.7. The van der Waals surface area contributed by atoms with Gasteiger partial charge in [0.25, 0.3) is 0 Å². The topological polar surface area (TPSA) is 226 Å². The minimum atomic E-state index is -1.42. The van der Waals surface area contributed by atoms with Crippen molar-refractivity contribution in [3.05, 3.63) is 35.9 Å². The van der Waals surface area contributed by atoms with Crippen molar-refractivity contribution in [3.8, 4) is 0 Å². The number of nitrogens with one attached hydrogen (secondary N) is 4. The van der Waals surface area contributed by atoms with E-state index in [1.54, 1.807) is 30.3 Å². The summed E-state index contributed by atoms with van der Waals surface area (Å²) in [4.78, 5) is 62.7. The monoisotopic (exact) mass is 550 g/mol. The van der Waals surface area contributed by atoms with Crippen LogP contribution in [0.3, 0.4) is 0 Å². The van der Waals surface area contributed by atoms with Gasteiger partial charge in [0.15, 0.2) is 0 Å². The van der Waals surface area contributed by atoms with E-state index >= 15 is 0 Å². The average molecular weight is 551 g/mol. The molecule has 0 radical (unpaired) electrons. The fourth-order valence-electron chi connectivity index (χ4n) is 3.99. The summed E-state index contributed by atoms with van der Waals surface area (Å²) in [5.74, 6) is -4.45. The highest BCUT2D eigenvalue weighted by molar-refractivity contribution is 5.95. The molecule has 1 aromatic rings. The molecule has 0 saturated carbocycles. The van der Waals surface area contributed by atoms with E-state index in [0.29, 0.717) is 31.4 Å². The van der Waals surface area contributed by atoms with Crippen LogP contribution in [-0.4, -0.2) is 71.1 Å². The van der Waals surface area contributed by atoms with Crippen LogP contribution in [0.15, 0.2) is 30.3 Å². The van der Waals surface area contributed by atoms with Gasteiger partial charge in [-0.2, -0.15) is 0 Å². The van der Waals surface area contributed by atoms with Crippen molar-refractivity contribution in [1.29, 1.82) is 0 Å². The number of carbonyl (C=O) groups is 5. The minimum Gasteiger partial charge on any atom is -0.394 e. The van der Waals surface area contributed by atoms with Crippen LogP contribution in [0.1, 0.15) is 51.5 Å². The first-order valence-corrected chi connectivity index (χ1v) is 13.0. The molecule has 0 aliphatic carbocycles. The minimum absolute atomic E-state index is 0.0409. The highest BCUT2D eigenvalue weighted by Crippen LogP contribution is 2.17. The molecule has 0 aliphatic rings. The van der Waals surface area contributed by atoms with Gasteiger partial charge in [-0.15, -0.1) is 0 Å². The molecule has 1 aromatic carbocycles. The van der Waals surface area contributed by atoms with E-state index in [2.05, 4.69) is 16.0 Å². The van der Waals surface area contributed by atoms with E-state index in [1.807, 2.05) is 13.8 Å². The predicted molar refractivity (Wildman–Crippen MR) is 143 cm³/mol. The lowest BCUT2D eigenvalue weighted by atomic mass is 9.92. The van der Waals surface area contributed by atoms with E-state index < -0.39 is 60.2 Å². The zero-order chi connectivity index (χ0) is 29.4. The van der Waals surface area contributed by atoms with E-state index in [9.17, 15) is 29.1 Å². The molecule has 0 spiro atoms. The third-order valence-electron chi connectivity index (χ3n) is 6.02. The molecule has 0 aliphatic heterocycles. The molecule has 0 saturated heterocycles. The zero-order valence-corrected chi connectivity index (χ0v) is 22.5. The third-order valence-corrected chi connectivity index (χ3v) is 6.02. The molecule has 4 atom stereocenters. The number of aliphatic hydroxyl groups is 1. The molecule has 13 nitrogen and oxygen atoms in total. The Labute approximate surface area is 228 Å². The van der Waals surface area contributed by atoms with Gasteiger partial charge in [0, 0.05) is 18.8 Å². The van der Waals surface area contributed by atoms with Crippen LogP contribution in [0.2, 0.25) is 0 Å². The van der Waals surface area contributed by atoms with Crippen LogP contribution in [0.25, 0.3) is 0 Å². The Balaban J connectivity index is 3.07. The van der Waals surface area contributed by atoms with Crippen molar-refractivity contribution in [3.63, 3.8) is 0 Å². The molecule has 1 rings (SSSR count). The lowest BCUT2D eigenvalue weighted by Gasteiger charge is -2.25. The van der Waals surface area contributed by atoms with Gasteiger partial charge in [-0.1, -0.05) is 44.2 Å². The fraction of sp³-hybridized carbons (Fsp3) is 0.577. The second-order valence-electron chi connectivity index (χ2n) is 9.81. The number of amides is 5. The Morgan fingerprint density at radius 1 is 0.872 bits per heavy atom. The van der Waals surface area contributed by atoms with Gasteiger partial charge in [0.2, 0.25) is 29.5 Å². The predicted octanol–water partition coefficient (Wildman–Crippen LogP) is -1.15. The number of aliphatic hydroxyl groups excluding tert-OH is 1. The van der Waals surface area contributed by atoms with Gasteiger partial charge >= 0.3 is 0 Å². The molecule has 0 fully saturated rings. The summed E-state index contributed by atoms with van der Waals surface area (Å²) in [6, 6.07) is 5.23. The van der Waals surface area contributed by atoms with Crippen LogP contribution in [0.5, 0.6) is 0 Å². The van der Waals surface area contributed by atoms with Gasteiger partial charge in [0.05, 0.1) is 6.61 Å². The van der Waals surface area contributed by atoms with Gasteiger partial charge in [0.1, 0.15) is 18.1 Å². The zero-order valence-electron chi connectivity index (χ0n) is 22.5. The molecule has 13 heteroatoms. The molecule has 218 valence electrons. The standard InChI is InChI=1S/C26H42N6O7/c1-16(2)12-18(14-22(34)32-39)24(36)30-20(13-17-8-4-3-5-9-17)25(37)31-21(15-33)26(38)29-19(23(28)35)10-6-7-11-27/h3-5,8-9,16,18-21,33,39H,6-7,10-15,27H2,1-2H3,(H2,28,35)(H,29,38)(H,30,36)(H,31,37)(H,32,34)/t18-,19+,20+,21+/m1/s1. The van der Waals surface area contributed by atoms with Gasteiger partial charge in [-0.3, -0.25) is 29.2 Å². The molecule has 0 unspecified atom stereocenters. The number of hydroxylamine groups is 1. The van der Waals surface area contributed by atoms with E-state index in [0.717, 1.165) is 0 Å². The molecular formula is C26H42N6O7. The Morgan fingerprint density at radius 3 is 2.00 bits per heavy atom. The molecule has 10 N–H and O–H groups in total. The maximum atomic E-state index is 13.3. The van der Waals surface area contributed by atoms with Crippen LogP contribution in [-0.2, 0) is 30.4 Å². The number of carbonyl (C=O) groups excluding carboxylic acids is 5. The van der Waals surface area contributed by atoms with Crippen molar-refractivity contribution >= 4 is 29.5 Å². The second-order valence-corrected chi connectivity index (χ2v) is 9.81. The first kappa shape index (κ1) is 33.5. The normalized spacial score (nSPS) is 14.0. The number of rotatable bonds is 18. The van der Waals surface area contributed by atoms with Crippen molar-refractivity contribution in [2.75, 3.05) is 13.2 Å². The molecule has 0 heterocycles. The summed E-state index contributed by atoms with van der Waals surface area (Å²) < 4.78 is 0. The lowest BCUT2D eigenvalue weighted by Crippen LogP contribution is -2.58. The number of primary amides is 1. The number of benzene rings is 1. The first-order valence-electron chi connectivity index (χ1n) is 13.0. The highest BCUT2D eigenvalue weighted by atomic mass is 16.5. The molecular weight excluding hydrogens is 508 g/mol. The maximum Gasteiger partial charge on any atom is 0.245 e. The smallest absolute Gasteiger partial charge is 0.245 e. The summed E-state index contributed by atoms with van der Waals surface area (Å²) in [6.45, 7) is 3.37. The lowest BCUT2D eigenvalue weighted by molar-refractivity contribution is -0.137. The van der Waals surface area contributed by atoms with E-state index in [-0.39, 0.29) is 25.2 Å². The van der Waals surface area contributed by atoms with Crippen molar-refractivity contribution < 1.29 is 34.3 Å². The first-order chi connectivity index (χ1) is 18.5. The van der Waals surface area contributed by atoms with Crippen LogP contribution >= 0.6 is 0 Å². The molecule has 39 heavy (non-hydrogen) atoms. The summed E-state index contributed by atoms with van der Waals surface area (Å²) in [5, 5.41) is 26.2.